The van der Waals surface area contributed by atoms with E-state index in [4.69, 9.17) is 0 Å². The maximum Gasteiger partial charge on any atom is 0.251 e. The van der Waals surface area contributed by atoms with Crippen molar-refractivity contribution in [2.24, 2.45) is 0 Å². The average Bonchev–Trinajstić information content (AvgIpc) is 3.12. The van der Waals surface area contributed by atoms with E-state index in [1.807, 2.05) is 42.0 Å². The Bertz CT molecular complexity index is 1090. The molecule has 1 aromatic heterocycles. The van der Waals surface area contributed by atoms with Crippen LogP contribution in [-0.4, -0.2) is 36.7 Å². The monoisotopic (exact) mass is 412 g/mol. The molecule has 0 aliphatic rings. The summed E-state index contributed by atoms with van der Waals surface area (Å²) in [5, 5.41) is 2.88. The molecule has 29 heavy (non-hydrogen) atoms. The van der Waals surface area contributed by atoms with Crippen LogP contribution in [0.5, 0.6) is 0 Å². The van der Waals surface area contributed by atoms with Crippen molar-refractivity contribution in [2.45, 2.75) is 20.4 Å². The molecule has 0 atom stereocenters. The first kappa shape index (κ1) is 20.6. The molecule has 152 valence electrons. The number of sulfonamides is 1. The first-order valence-corrected chi connectivity index (χ1v) is 11.1. The van der Waals surface area contributed by atoms with Crippen molar-refractivity contribution in [3.63, 3.8) is 0 Å². The van der Waals surface area contributed by atoms with Gasteiger partial charge in [0.15, 0.2) is 0 Å². The first-order valence-electron chi connectivity index (χ1n) is 9.25. The maximum absolute atomic E-state index is 12.4. The SMILES string of the molecule is CCN(c1ccc(C(=O)NCc2ccc(-n3ccnc3C)cc2)cc1)S(C)(=O)=O. The van der Waals surface area contributed by atoms with Crippen LogP contribution in [0.1, 0.15) is 28.7 Å². The van der Waals surface area contributed by atoms with E-state index in [0.717, 1.165) is 23.3 Å². The molecule has 1 heterocycles. The summed E-state index contributed by atoms with van der Waals surface area (Å²) in [5.74, 6) is 0.695. The fraction of sp³-hybridized carbons (Fsp3) is 0.238. The van der Waals surface area contributed by atoms with Gasteiger partial charge in [-0.2, -0.15) is 0 Å². The van der Waals surface area contributed by atoms with Crippen LogP contribution in [0.25, 0.3) is 5.69 Å². The average molecular weight is 413 g/mol. The number of rotatable bonds is 7. The summed E-state index contributed by atoms with van der Waals surface area (Å²) >= 11 is 0. The Morgan fingerprint density at radius 2 is 1.76 bits per heavy atom. The molecule has 2 aromatic carbocycles. The molecule has 0 saturated heterocycles. The third-order valence-corrected chi connectivity index (χ3v) is 5.87. The van der Waals surface area contributed by atoms with E-state index < -0.39 is 10.0 Å². The summed E-state index contributed by atoms with van der Waals surface area (Å²) in [6, 6.07) is 14.4. The summed E-state index contributed by atoms with van der Waals surface area (Å²) < 4.78 is 26.9. The predicted octanol–water partition coefficient (Wildman–Crippen LogP) is 2.90. The van der Waals surface area contributed by atoms with E-state index in [9.17, 15) is 13.2 Å². The Balaban J connectivity index is 1.63. The smallest absolute Gasteiger partial charge is 0.251 e. The maximum atomic E-state index is 12.4. The molecule has 1 N–H and O–H groups in total. The van der Waals surface area contributed by atoms with E-state index in [2.05, 4.69) is 10.3 Å². The highest BCUT2D eigenvalue weighted by atomic mass is 32.2. The molecule has 0 radical (unpaired) electrons. The van der Waals surface area contributed by atoms with E-state index in [-0.39, 0.29) is 5.91 Å². The Morgan fingerprint density at radius 3 is 2.28 bits per heavy atom. The van der Waals surface area contributed by atoms with Gasteiger partial charge in [-0.3, -0.25) is 9.10 Å². The number of hydrogen-bond donors (Lipinski definition) is 1. The number of anilines is 1. The van der Waals surface area contributed by atoms with Crippen molar-refractivity contribution in [1.82, 2.24) is 14.9 Å². The number of benzene rings is 2. The Labute approximate surface area is 171 Å². The van der Waals surface area contributed by atoms with Gasteiger partial charge in [-0.15, -0.1) is 0 Å². The third kappa shape index (κ3) is 4.83. The van der Waals surface area contributed by atoms with Crippen molar-refractivity contribution in [3.8, 4) is 5.69 Å². The molecule has 0 unspecified atom stereocenters. The molecule has 7 nitrogen and oxygen atoms in total. The van der Waals surface area contributed by atoms with Gasteiger partial charge in [-0.1, -0.05) is 12.1 Å². The van der Waals surface area contributed by atoms with Crippen molar-refractivity contribution in [3.05, 3.63) is 77.9 Å². The van der Waals surface area contributed by atoms with Crippen LogP contribution >= 0.6 is 0 Å². The van der Waals surface area contributed by atoms with Crippen molar-refractivity contribution in [1.29, 1.82) is 0 Å². The lowest BCUT2D eigenvalue weighted by atomic mass is 10.1. The molecule has 0 aliphatic carbocycles. The first-order chi connectivity index (χ1) is 13.8. The number of nitrogens with one attached hydrogen (secondary N) is 1. The van der Waals surface area contributed by atoms with Crippen molar-refractivity contribution < 1.29 is 13.2 Å². The van der Waals surface area contributed by atoms with Crippen LogP contribution in [0.2, 0.25) is 0 Å². The summed E-state index contributed by atoms with van der Waals surface area (Å²) in [6.07, 6.45) is 4.82. The lowest BCUT2D eigenvalue weighted by molar-refractivity contribution is 0.0951. The number of nitrogens with zero attached hydrogens (tertiary/aromatic N) is 3. The lowest BCUT2D eigenvalue weighted by Gasteiger charge is -2.20. The van der Waals surface area contributed by atoms with Gasteiger partial charge in [0.2, 0.25) is 10.0 Å². The molecule has 3 aromatic rings. The quantitative estimate of drug-likeness (QED) is 0.647. The van der Waals surface area contributed by atoms with Crippen LogP contribution in [0.15, 0.2) is 60.9 Å². The van der Waals surface area contributed by atoms with Crippen molar-refractivity contribution in [2.75, 3.05) is 17.1 Å². The topological polar surface area (TPSA) is 84.3 Å². The summed E-state index contributed by atoms with van der Waals surface area (Å²) in [7, 11) is -3.34. The molecular formula is C21H24N4O3S. The van der Waals surface area contributed by atoms with Crippen LogP contribution < -0.4 is 9.62 Å². The number of carbonyl (C=O) groups is 1. The Morgan fingerprint density at radius 1 is 1.10 bits per heavy atom. The second-order valence-electron chi connectivity index (χ2n) is 6.67. The van der Waals surface area contributed by atoms with Gasteiger partial charge in [0, 0.05) is 36.7 Å². The van der Waals surface area contributed by atoms with Gasteiger partial charge >= 0.3 is 0 Å². The molecule has 0 saturated carbocycles. The Kier molecular flexibility index (Phi) is 6.03. The zero-order valence-corrected chi connectivity index (χ0v) is 17.5. The highest BCUT2D eigenvalue weighted by molar-refractivity contribution is 7.92. The Hall–Kier alpha value is -3.13. The van der Waals surface area contributed by atoms with Gasteiger partial charge in [0.05, 0.1) is 11.9 Å². The molecule has 0 spiro atoms. The fourth-order valence-electron chi connectivity index (χ4n) is 3.10. The van der Waals surface area contributed by atoms with Crippen LogP contribution in [0, 0.1) is 6.92 Å². The minimum absolute atomic E-state index is 0.214. The standard InChI is InChI=1S/C21H24N4O3S/c1-4-25(29(3,27)28)20-11-7-18(8-12-20)21(26)23-15-17-5-9-19(10-6-17)24-14-13-22-16(24)2/h5-14H,4,15H2,1-3H3,(H,23,26). The van der Waals surface area contributed by atoms with E-state index >= 15 is 0 Å². The van der Waals surface area contributed by atoms with E-state index in [0.29, 0.717) is 24.3 Å². The minimum atomic E-state index is -3.34. The number of aromatic nitrogens is 2. The fourth-order valence-corrected chi connectivity index (χ4v) is 4.07. The number of imidazole rings is 1. The summed E-state index contributed by atoms with van der Waals surface area (Å²) in [5.41, 5.74) is 3.00. The zero-order chi connectivity index (χ0) is 21.0. The van der Waals surface area contributed by atoms with E-state index in [1.54, 1.807) is 37.4 Å². The number of hydrogen-bond acceptors (Lipinski definition) is 4. The van der Waals surface area contributed by atoms with Gasteiger partial charge in [-0.05, 0) is 55.8 Å². The molecule has 8 heteroatoms. The van der Waals surface area contributed by atoms with Gasteiger partial charge in [0.25, 0.3) is 5.91 Å². The molecule has 0 aliphatic heterocycles. The minimum Gasteiger partial charge on any atom is -0.348 e. The van der Waals surface area contributed by atoms with Crippen LogP contribution in [0.4, 0.5) is 5.69 Å². The van der Waals surface area contributed by atoms with Gasteiger partial charge < -0.3 is 9.88 Å². The number of aryl methyl sites for hydroxylation is 1. The normalized spacial score (nSPS) is 11.3. The number of carbonyl (C=O) groups excluding carboxylic acids is 1. The summed E-state index contributed by atoms with van der Waals surface area (Å²) in [6.45, 7) is 4.43. The van der Waals surface area contributed by atoms with E-state index in [1.165, 1.54) is 4.31 Å². The second-order valence-corrected chi connectivity index (χ2v) is 8.58. The van der Waals surface area contributed by atoms with Crippen LogP contribution in [0.3, 0.4) is 0 Å². The van der Waals surface area contributed by atoms with Crippen molar-refractivity contribution >= 4 is 21.6 Å². The molecule has 3 rings (SSSR count). The highest BCUT2D eigenvalue weighted by Crippen LogP contribution is 2.18. The number of amides is 1. The van der Waals surface area contributed by atoms with Crippen LogP contribution in [-0.2, 0) is 16.6 Å². The molecule has 0 bridgehead atoms. The zero-order valence-electron chi connectivity index (χ0n) is 16.7. The largest absolute Gasteiger partial charge is 0.348 e. The molecule has 0 fully saturated rings. The predicted molar refractivity (Wildman–Crippen MR) is 114 cm³/mol. The highest BCUT2D eigenvalue weighted by Gasteiger charge is 2.15. The summed E-state index contributed by atoms with van der Waals surface area (Å²) in [4.78, 5) is 16.6. The lowest BCUT2D eigenvalue weighted by Crippen LogP contribution is -2.29. The van der Waals surface area contributed by atoms with Gasteiger partial charge in [-0.25, -0.2) is 13.4 Å². The third-order valence-electron chi connectivity index (χ3n) is 4.60. The second kappa shape index (κ2) is 8.48. The molecule has 1 amide bonds. The van der Waals surface area contributed by atoms with Gasteiger partial charge in [0.1, 0.15) is 5.82 Å². The molecular weight excluding hydrogens is 388 g/mol.